The van der Waals surface area contributed by atoms with Gasteiger partial charge in [-0.2, -0.15) is 0 Å². The molecule has 2 aromatic rings. The smallest absolute Gasteiger partial charge is 0.319 e. The van der Waals surface area contributed by atoms with Crippen molar-refractivity contribution in [1.29, 1.82) is 0 Å². The van der Waals surface area contributed by atoms with E-state index in [9.17, 15) is 18.4 Å². The van der Waals surface area contributed by atoms with Gasteiger partial charge in [-0.15, -0.1) is 0 Å². The molecule has 1 unspecified atom stereocenters. The molecule has 0 fully saturated rings. The summed E-state index contributed by atoms with van der Waals surface area (Å²) in [5.74, 6) is -2.34. The van der Waals surface area contributed by atoms with E-state index < -0.39 is 29.6 Å². The van der Waals surface area contributed by atoms with Crippen LogP contribution in [-0.4, -0.2) is 18.0 Å². The lowest BCUT2D eigenvalue weighted by molar-refractivity contribution is -0.119. The molecule has 2 rings (SSSR count). The monoisotopic (exact) mass is 333 g/mol. The van der Waals surface area contributed by atoms with Gasteiger partial charge >= 0.3 is 6.03 Å². The summed E-state index contributed by atoms with van der Waals surface area (Å²) in [7, 11) is 0. The van der Waals surface area contributed by atoms with Gasteiger partial charge in [0.15, 0.2) is 0 Å². The SMILES string of the molecule is Cc1ccc(NC(=O)NC(Cc2cc(F)cc(F)c2)C(N)=O)cc1. The average molecular weight is 333 g/mol. The average Bonchev–Trinajstić information content (AvgIpc) is 2.48. The Morgan fingerprint density at radius 2 is 1.67 bits per heavy atom. The third kappa shape index (κ3) is 5.05. The van der Waals surface area contributed by atoms with E-state index in [0.717, 1.165) is 23.8 Å². The van der Waals surface area contributed by atoms with Crippen LogP contribution < -0.4 is 16.4 Å². The number of carbonyl (C=O) groups is 2. The van der Waals surface area contributed by atoms with Crippen molar-refractivity contribution in [1.82, 2.24) is 5.32 Å². The second-order valence-electron chi connectivity index (χ2n) is 5.40. The fourth-order valence-corrected chi connectivity index (χ4v) is 2.15. The summed E-state index contributed by atoms with van der Waals surface area (Å²) in [6.45, 7) is 1.91. The van der Waals surface area contributed by atoms with Gasteiger partial charge in [0.2, 0.25) is 5.91 Å². The predicted octanol–water partition coefficient (Wildman–Crippen LogP) is 2.49. The fraction of sp³-hybridized carbons (Fsp3) is 0.176. The molecule has 0 aliphatic carbocycles. The zero-order valence-electron chi connectivity index (χ0n) is 13.0. The van der Waals surface area contributed by atoms with Crippen LogP contribution in [0, 0.1) is 18.6 Å². The van der Waals surface area contributed by atoms with Gasteiger partial charge in [0.05, 0.1) is 0 Å². The molecule has 5 nitrogen and oxygen atoms in total. The molecule has 0 bridgehead atoms. The van der Waals surface area contributed by atoms with Crippen LogP contribution >= 0.6 is 0 Å². The molecule has 24 heavy (non-hydrogen) atoms. The Labute approximate surface area is 137 Å². The minimum atomic E-state index is -1.10. The lowest BCUT2D eigenvalue weighted by atomic mass is 10.1. The van der Waals surface area contributed by atoms with Crippen LogP contribution in [-0.2, 0) is 11.2 Å². The van der Waals surface area contributed by atoms with Crippen molar-refractivity contribution in [2.24, 2.45) is 5.73 Å². The number of hydrogen-bond acceptors (Lipinski definition) is 2. The molecule has 0 aliphatic heterocycles. The van der Waals surface area contributed by atoms with Gasteiger partial charge in [0.25, 0.3) is 0 Å². The van der Waals surface area contributed by atoms with Crippen LogP contribution in [0.15, 0.2) is 42.5 Å². The first-order chi connectivity index (χ1) is 11.3. The van der Waals surface area contributed by atoms with Crippen molar-refractivity contribution >= 4 is 17.6 Å². The quantitative estimate of drug-likeness (QED) is 0.785. The van der Waals surface area contributed by atoms with Crippen molar-refractivity contribution in [3.8, 4) is 0 Å². The number of carbonyl (C=O) groups excluding carboxylic acids is 2. The molecular weight excluding hydrogens is 316 g/mol. The maximum absolute atomic E-state index is 13.2. The fourth-order valence-electron chi connectivity index (χ4n) is 2.15. The summed E-state index contributed by atoms with van der Waals surface area (Å²) in [6.07, 6.45) is -0.120. The van der Waals surface area contributed by atoms with E-state index >= 15 is 0 Å². The molecule has 3 amide bonds. The number of urea groups is 1. The minimum Gasteiger partial charge on any atom is -0.368 e. The Hall–Kier alpha value is -2.96. The number of anilines is 1. The number of amides is 3. The molecule has 0 aromatic heterocycles. The van der Waals surface area contributed by atoms with Gasteiger partial charge in [-0.1, -0.05) is 17.7 Å². The largest absolute Gasteiger partial charge is 0.368 e. The highest BCUT2D eigenvalue weighted by molar-refractivity contribution is 5.93. The molecule has 126 valence electrons. The van der Waals surface area contributed by atoms with Crippen LogP contribution in [0.4, 0.5) is 19.3 Å². The van der Waals surface area contributed by atoms with E-state index in [2.05, 4.69) is 10.6 Å². The molecular formula is C17H17F2N3O2. The molecule has 0 radical (unpaired) electrons. The number of halogens is 2. The maximum atomic E-state index is 13.2. The summed E-state index contributed by atoms with van der Waals surface area (Å²) in [5.41, 5.74) is 7.04. The number of hydrogen-bond donors (Lipinski definition) is 3. The van der Waals surface area contributed by atoms with Crippen molar-refractivity contribution in [2.75, 3.05) is 5.32 Å². The van der Waals surface area contributed by atoms with Crippen LogP contribution in [0.3, 0.4) is 0 Å². The Morgan fingerprint density at radius 3 is 2.21 bits per heavy atom. The maximum Gasteiger partial charge on any atom is 0.319 e. The molecule has 0 spiro atoms. The van der Waals surface area contributed by atoms with Crippen LogP contribution in [0.2, 0.25) is 0 Å². The molecule has 0 aliphatic rings. The summed E-state index contributed by atoms with van der Waals surface area (Å²) in [4.78, 5) is 23.5. The van der Waals surface area contributed by atoms with E-state index in [1.54, 1.807) is 12.1 Å². The van der Waals surface area contributed by atoms with Gasteiger partial charge in [-0.25, -0.2) is 13.6 Å². The number of benzene rings is 2. The number of nitrogens with two attached hydrogens (primary N) is 1. The first kappa shape index (κ1) is 17.4. The van der Waals surface area contributed by atoms with Gasteiger partial charge in [-0.3, -0.25) is 4.79 Å². The molecule has 0 heterocycles. The highest BCUT2D eigenvalue weighted by Gasteiger charge is 2.19. The zero-order chi connectivity index (χ0) is 17.7. The lowest BCUT2D eigenvalue weighted by Crippen LogP contribution is -2.47. The van der Waals surface area contributed by atoms with E-state index in [1.807, 2.05) is 19.1 Å². The molecule has 4 N–H and O–H groups in total. The number of rotatable bonds is 5. The molecule has 0 saturated carbocycles. The lowest BCUT2D eigenvalue weighted by Gasteiger charge is -2.16. The number of aryl methyl sites for hydroxylation is 1. The number of primary amides is 1. The van der Waals surface area contributed by atoms with Crippen LogP contribution in [0.25, 0.3) is 0 Å². The van der Waals surface area contributed by atoms with Gasteiger partial charge in [-0.05, 0) is 36.8 Å². The molecule has 1 atom stereocenters. The molecule has 0 saturated heterocycles. The minimum absolute atomic E-state index is 0.120. The van der Waals surface area contributed by atoms with E-state index in [4.69, 9.17) is 5.73 Å². The Bertz CT molecular complexity index is 728. The van der Waals surface area contributed by atoms with E-state index in [1.165, 1.54) is 0 Å². The molecule has 2 aromatic carbocycles. The van der Waals surface area contributed by atoms with E-state index in [-0.39, 0.29) is 12.0 Å². The van der Waals surface area contributed by atoms with Crippen LogP contribution in [0.5, 0.6) is 0 Å². The number of nitrogens with one attached hydrogen (secondary N) is 2. The third-order valence-electron chi connectivity index (χ3n) is 3.32. The second-order valence-corrected chi connectivity index (χ2v) is 5.40. The van der Waals surface area contributed by atoms with Gasteiger partial charge < -0.3 is 16.4 Å². The predicted molar refractivity (Wildman–Crippen MR) is 86.4 cm³/mol. The van der Waals surface area contributed by atoms with Crippen molar-refractivity contribution < 1.29 is 18.4 Å². The first-order valence-electron chi connectivity index (χ1n) is 7.22. The zero-order valence-corrected chi connectivity index (χ0v) is 13.0. The summed E-state index contributed by atoms with van der Waals surface area (Å²) < 4.78 is 26.4. The van der Waals surface area contributed by atoms with Crippen molar-refractivity contribution in [2.45, 2.75) is 19.4 Å². The summed E-state index contributed by atoms with van der Waals surface area (Å²) in [6, 6.07) is 8.19. The second kappa shape index (κ2) is 7.54. The first-order valence-corrected chi connectivity index (χ1v) is 7.22. The highest BCUT2D eigenvalue weighted by atomic mass is 19.1. The van der Waals surface area contributed by atoms with Crippen LogP contribution in [0.1, 0.15) is 11.1 Å². The normalized spacial score (nSPS) is 11.6. The standard InChI is InChI=1S/C17H17F2N3O2/c1-10-2-4-14(5-3-10)21-17(24)22-15(16(20)23)8-11-6-12(18)9-13(19)7-11/h2-7,9,15H,8H2,1H3,(H2,20,23)(H2,21,22,24). The van der Waals surface area contributed by atoms with Gasteiger partial charge in [0, 0.05) is 18.2 Å². The summed E-state index contributed by atoms with van der Waals surface area (Å²) >= 11 is 0. The van der Waals surface area contributed by atoms with Gasteiger partial charge in [0.1, 0.15) is 17.7 Å². The topological polar surface area (TPSA) is 84.2 Å². The highest BCUT2D eigenvalue weighted by Crippen LogP contribution is 2.11. The Morgan fingerprint density at radius 1 is 1.08 bits per heavy atom. The Balaban J connectivity index is 2.03. The summed E-state index contributed by atoms with van der Waals surface area (Å²) in [5, 5.41) is 4.95. The van der Waals surface area contributed by atoms with E-state index in [0.29, 0.717) is 5.69 Å². The van der Waals surface area contributed by atoms with Crippen molar-refractivity contribution in [3.05, 3.63) is 65.2 Å². The molecule has 7 heteroatoms. The third-order valence-corrected chi connectivity index (χ3v) is 3.32. The van der Waals surface area contributed by atoms with Crippen molar-refractivity contribution in [3.63, 3.8) is 0 Å². The Kier molecular flexibility index (Phi) is 5.47.